The van der Waals surface area contributed by atoms with Crippen LogP contribution in [-0.2, 0) is 17.8 Å². The lowest BCUT2D eigenvalue weighted by Crippen LogP contribution is -1.90. The van der Waals surface area contributed by atoms with Crippen LogP contribution in [0.4, 0.5) is 0 Å². The van der Waals surface area contributed by atoms with Gasteiger partial charge in [-0.1, -0.05) is 19.3 Å². The summed E-state index contributed by atoms with van der Waals surface area (Å²) in [4.78, 5) is 0. The normalized spacial score (nSPS) is 10.0. The Labute approximate surface area is 85.3 Å². The Morgan fingerprint density at radius 3 is 2.93 bits per heavy atom. The number of hydrogen-bond acceptors (Lipinski definition) is 2. The highest BCUT2D eigenvalue weighted by Gasteiger charge is 2.00. The zero-order valence-corrected chi connectivity index (χ0v) is 8.58. The van der Waals surface area contributed by atoms with E-state index in [0.29, 0.717) is 13.2 Å². The highest BCUT2D eigenvalue weighted by Crippen LogP contribution is 2.11. The van der Waals surface area contributed by atoms with Gasteiger partial charge in [-0.2, -0.15) is 0 Å². The van der Waals surface area contributed by atoms with Crippen LogP contribution in [-0.4, -0.2) is 6.61 Å². The molecular formula is C12H16O2. The summed E-state index contributed by atoms with van der Waals surface area (Å²) in [5.74, 6) is 4.30. The molecule has 1 heterocycles. The molecule has 2 nitrogen and oxygen atoms in total. The first-order chi connectivity index (χ1) is 6.86. The topological polar surface area (TPSA) is 22.4 Å². The van der Waals surface area contributed by atoms with Gasteiger partial charge in [0, 0.05) is 6.42 Å². The molecule has 0 saturated carbocycles. The van der Waals surface area contributed by atoms with Crippen molar-refractivity contribution in [3.63, 3.8) is 0 Å². The molecular weight excluding hydrogens is 176 g/mol. The average Bonchev–Trinajstić information content (AvgIpc) is 2.63. The van der Waals surface area contributed by atoms with E-state index in [0.717, 1.165) is 24.4 Å². The quantitative estimate of drug-likeness (QED) is 0.511. The molecule has 1 aromatic rings. The molecule has 0 saturated heterocycles. The SMILES string of the molecule is C#CCOCc1ccc(CCCC)o1. The van der Waals surface area contributed by atoms with Crippen LogP contribution in [0.5, 0.6) is 0 Å². The average molecular weight is 192 g/mol. The summed E-state index contributed by atoms with van der Waals surface area (Å²) < 4.78 is 10.7. The van der Waals surface area contributed by atoms with Gasteiger partial charge < -0.3 is 9.15 Å². The molecule has 14 heavy (non-hydrogen) atoms. The highest BCUT2D eigenvalue weighted by molar-refractivity contribution is 5.06. The minimum absolute atomic E-state index is 0.338. The van der Waals surface area contributed by atoms with E-state index < -0.39 is 0 Å². The van der Waals surface area contributed by atoms with Crippen molar-refractivity contribution in [3.8, 4) is 12.3 Å². The molecule has 2 heteroatoms. The van der Waals surface area contributed by atoms with Crippen molar-refractivity contribution in [2.24, 2.45) is 0 Å². The minimum atomic E-state index is 0.338. The fourth-order valence-corrected chi connectivity index (χ4v) is 1.20. The summed E-state index contributed by atoms with van der Waals surface area (Å²) in [7, 11) is 0. The van der Waals surface area contributed by atoms with E-state index >= 15 is 0 Å². The molecule has 1 aromatic heterocycles. The highest BCUT2D eigenvalue weighted by atomic mass is 16.5. The number of ether oxygens (including phenoxy) is 1. The van der Waals surface area contributed by atoms with Gasteiger partial charge in [0.1, 0.15) is 24.7 Å². The van der Waals surface area contributed by atoms with Crippen LogP contribution >= 0.6 is 0 Å². The predicted molar refractivity (Wildman–Crippen MR) is 55.8 cm³/mol. The summed E-state index contributed by atoms with van der Waals surface area (Å²) in [6.07, 6.45) is 8.41. The monoisotopic (exact) mass is 192 g/mol. The largest absolute Gasteiger partial charge is 0.464 e. The van der Waals surface area contributed by atoms with E-state index in [-0.39, 0.29) is 0 Å². The summed E-state index contributed by atoms with van der Waals surface area (Å²) in [5, 5.41) is 0. The predicted octanol–water partition coefficient (Wildman–Crippen LogP) is 2.77. The maximum absolute atomic E-state index is 5.54. The zero-order chi connectivity index (χ0) is 10.2. The molecule has 0 aliphatic carbocycles. The first-order valence-electron chi connectivity index (χ1n) is 4.95. The Bertz CT molecular complexity index is 294. The number of aryl methyl sites for hydroxylation is 1. The van der Waals surface area contributed by atoms with Crippen LogP contribution in [0.1, 0.15) is 31.3 Å². The number of unbranched alkanes of at least 4 members (excludes halogenated alkanes) is 1. The maximum Gasteiger partial charge on any atom is 0.129 e. The molecule has 0 spiro atoms. The molecule has 0 bridgehead atoms. The van der Waals surface area contributed by atoms with Gasteiger partial charge in [-0.3, -0.25) is 0 Å². The lowest BCUT2D eigenvalue weighted by molar-refractivity contribution is 0.134. The summed E-state index contributed by atoms with van der Waals surface area (Å²) in [6.45, 7) is 2.97. The third-order valence-electron chi connectivity index (χ3n) is 1.92. The van der Waals surface area contributed by atoms with Gasteiger partial charge in [0.15, 0.2) is 0 Å². The van der Waals surface area contributed by atoms with Crippen molar-refractivity contribution >= 4 is 0 Å². The van der Waals surface area contributed by atoms with Crippen molar-refractivity contribution < 1.29 is 9.15 Å². The molecule has 0 aliphatic rings. The van der Waals surface area contributed by atoms with Gasteiger partial charge in [0.25, 0.3) is 0 Å². The van der Waals surface area contributed by atoms with Crippen molar-refractivity contribution in [1.82, 2.24) is 0 Å². The van der Waals surface area contributed by atoms with Crippen molar-refractivity contribution in [3.05, 3.63) is 23.7 Å². The second kappa shape index (κ2) is 6.28. The van der Waals surface area contributed by atoms with E-state index in [2.05, 4.69) is 12.8 Å². The Morgan fingerprint density at radius 1 is 1.43 bits per heavy atom. The summed E-state index contributed by atoms with van der Waals surface area (Å²) in [6, 6.07) is 3.95. The Hall–Kier alpha value is -1.20. The molecule has 0 fully saturated rings. The van der Waals surface area contributed by atoms with Crippen molar-refractivity contribution in [2.45, 2.75) is 32.8 Å². The Balaban J connectivity index is 2.32. The molecule has 0 aliphatic heterocycles. The second-order valence-corrected chi connectivity index (χ2v) is 3.17. The van der Waals surface area contributed by atoms with Crippen LogP contribution in [0.15, 0.2) is 16.5 Å². The minimum Gasteiger partial charge on any atom is -0.464 e. The lowest BCUT2D eigenvalue weighted by Gasteiger charge is -1.96. The third kappa shape index (κ3) is 3.68. The second-order valence-electron chi connectivity index (χ2n) is 3.17. The number of hydrogen-bond donors (Lipinski definition) is 0. The Kier molecular flexibility index (Phi) is 4.88. The van der Waals surface area contributed by atoms with Crippen LogP contribution in [0, 0.1) is 12.3 Å². The standard InChI is InChI=1S/C12H16O2/c1-3-5-6-11-7-8-12(14-11)10-13-9-4-2/h2,7-8H,3,5-6,9-10H2,1H3. The first kappa shape index (κ1) is 10.9. The maximum atomic E-state index is 5.54. The number of rotatable bonds is 6. The van der Waals surface area contributed by atoms with Gasteiger partial charge in [0.2, 0.25) is 0 Å². The van der Waals surface area contributed by atoms with Crippen LogP contribution in [0.25, 0.3) is 0 Å². The fourth-order valence-electron chi connectivity index (χ4n) is 1.20. The molecule has 0 N–H and O–H groups in total. The van der Waals surface area contributed by atoms with Gasteiger partial charge in [-0.25, -0.2) is 0 Å². The lowest BCUT2D eigenvalue weighted by atomic mass is 10.2. The molecule has 0 radical (unpaired) electrons. The van der Waals surface area contributed by atoms with Crippen molar-refractivity contribution in [2.75, 3.05) is 6.61 Å². The fraction of sp³-hybridized carbons (Fsp3) is 0.500. The first-order valence-corrected chi connectivity index (χ1v) is 4.95. The van der Waals surface area contributed by atoms with Gasteiger partial charge in [-0.05, 0) is 18.6 Å². The van der Waals surface area contributed by atoms with E-state index in [1.807, 2.05) is 12.1 Å². The molecule has 0 atom stereocenters. The molecule has 76 valence electrons. The van der Waals surface area contributed by atoms with Crippen molar-refractivity contribution in [1.29, 1.82) is 0 Å². The Morgan fingerprint density at radius 2 is 2.21 bits per heavy atom. The van der Waals surface area contributed by atoms with E-state index in [1.54, 1.807) is 0 Å². The molecule has 0 amide bonds. The van der Waals surface area contributed by atoms with E-state index in [1.165, 1.54) is 6.42 Å². The van der Waals surface area contributed by atoms with E-state index in [9.17, 15) is 0 Å². The third-order valence-corrected chi connectivity index (χ3v) is 1.92. The number of furan rings is 1. The number of terminal acetylenes is 1. The van der Waals surface area contributed by atoms with Crippen LogP contribution in [0.3, 0.4) is 0 Å². The summed E-state index contributed by atoms with van der Waals surface area (Å²) in [5.41, 5.74) is 0. The zero-order valence-electron chi connectivity index (χ0n) is 8.58. The molecule has 1 rings (SSSR count). The summed E-state index contributed by atoms with van der Waals surface area (Å²) >= 11 is 0. The molecule has 0 unspecified atom stereocenters. The molecule has 0 aromatic carbocycles. The van der Waals surface area contributed by atoms with Crippen LogP contribution in [0.2, 0.25) is 0 Å². The van der Waals surface area contributed by atoms with Gasteiger partial charge in [-0.15, -0.1) is 6.42 Å². The van der Waals surface area contributed by atoms with Gasteiger partial charge in [0.05, 0.1) is 0 Å². The van der Waals surface area contributed by atoms with E-state index in [4.69, 9.17) is 15.6 Å². The van der Waals surface area contributed by atoms with Gasteiger partial charge >= 0.3 is 0 Å². The van der Waals surface area contributed by atoms with Crippen LogP contribution < -0.4 is 0 Å². The smallest absolute Gasteiger partial charge is 0.129 e.